The van der Waals surface area contributed by atoms with Crippen LogP contribution in [0.1, 0.15) is 42.6 Å². The molecule has 0 bridgehead atoms. The number of ether oxygens (including phenoxy) is 1. The van der Waals surface area contributed by atoms with Gasteiger partial charge in [-0.25, -0.2) is 0 Å². The summed E-state index contributed by atoms with van der Waals surface area (Å²) in [4.78, 5) is 31.6. The van der Waals surface area contributed by atoms with E-state index in [-0.39, 0.29) is 31.2 Å². The molecule has 0 saturated heterocycles. The Balaban J connectivity index is 1.70. The Labute approximate surface area is 205 Å². The number of nitrogens with one attached hydrogen (secondary N) is 2. The van der Waals surface area contributed by atoms with E-state index in [1.807, 2.05) is 44.2 Å². The van der Waals surface area contributed by atoms with Gasteiger partial charge in [-0.05, 0) is 42.2 Å². The second-order valence-electron chi connectivity index (χ2n) is 9.12. The summed E-state index contributed by atoms with van der Waals surface area (Å²) < 4.78 is 5.11. The number of amides is 2. The van der Waals surface area contributed by atoms with Crippen LogP contribution in [0.25, 0.3) is 0 Å². The molecule has 0 radical (unpaired) electrons. The smallest absolute Gasteiger partial charge is 0.475 e. The molecule has 2 amide bonds. The van der Waals surface area contributed by atoms with Crippen LogP contribution in [0.5, 0.6) is 5.75 Å². The van der Waals surface area contributed by atoms with Crippen LogP contribution in [0.15, 0.2) is 59.8 Å². The molecule has 0 saturated carbocycles. The van der Waals surface area contributed by atoms with Gasteiger partial charge in [0, 0.05) is 18.4 Å². The molecular weight excluding hydrogens is 449 g/mol. The molecule has 0 fully saturated rings. The molecule has 186 valence electrons. The average Bonchev–Trinajstić information content (AvgIpc) is 3.26. The number of methoxy groups -OCH3 is 1. The molecule has 2 atom stereocenters. The molecule has 0 aliphatic carbocycles. The van der Waals surface area contributed by atoms with E-state index >= 15 is 0 Å². The molecule has 0 aromatic heterocycles. The lowest BCUT2D eigenvalue weighted by atomic mass is 9.74. The Morgan fingerprint density at radius 3 is 2.43 bits per heavy atom. The summed E-state index contributed by atoms with van der Waals surface area (Å²) in [5, 5.41) is 29.2. The van der Waals surface area contributed by atoms with Gasteiger partial charge in [0.2, 0.25) is 5.60 Å². The average molecular weight is 481 g/mol. The van der Waals surface area contributed by atoms with Crippen LogP contribution in [0.4, 0.5) is 0 Å². The van der Waals surface area contributed by atoms with Crippen LogP contribution in [-0.2, 0) is 16.1 Å². The van der Waals surface area contributed by atoms with Crippen molar-refractivity contribution < 1.29 is 29.2 Å². The first-order valence-corrected chi connectivity index (χ1v) is 11.6. The van der Waals surface area contributed by atoms with Crippen molar-refractivity contribution in [1.82, 2.24) is 10.6 Å². The highest BCUT2D eigenvalue weighted by Gasteiger charge is 2.48. The minimum atomic E-state index is -1.71. The van der Waals surface area contributed by atoms with Gasteiger partial charge >= 0.3 is 7.12 Å². The molecular formula is C25H32BN3O6. The van der Waals surface area contributed by atoms with Gasteiger partial charge in [0.1, 0.15) is 5.75 Å². The molecule has 2 aromatic carbocycles. The van der Waals surface area contributed by atoms with Gasteiger partial charge in [-0.2, -0.15) is 0 Å². The number of hydrogen-bond donors (Lipinski definition) is 4. The number of oxime groups is 1. The molecule has 9 nitrogen and oxygen atoms in total. The fraction of sp³-hybridized carbons (Fsp3) is 0.400. The van der Waals surface area contributed by atoms with Gasteiger partial charge in [0.15, 0.2) is 0 Å². The second kappa shape index (κ2) is 11.9. The molecule has 1 aliphatic rings. The van der Waals surface area contributed by atoms with Crippen molar-refractivity contribution in [3.63, 3.8) is 0 Å². The van der Waals surface area contributed by atoms with E-state index in [4.69, 9.17) is 9.57 Å². The maximum atomic E-state index is 13.4. The first-order chi connectivity index (χ1) is 16.7. The number of benzene rings is 2. The molecule has 2 aromatic rings. The zero-order chi connectivity index (χ0) is 25.4. The van der Waals surface area contributed by atoms with E-state index in [1.165, 1.54) is 0 Å². The van der Waals surface area contributed by atoms with Crippen molar-refractivity contribution in [2.75, 3.05) is 13.7 Å². The number of rotatable bonds is 11. The summed E-state index contributed by atoms with van der Waals surface area (Å²) in [5.41, 5.74) is 0.465. The highest BCUT2D eigenvalue weighted by atomic mass is 16.7. The van der Waals surface area contributed by atoms with Crippen molar-refractivity contribution in [1.29, 1.82) is 0 Å². The third-order valence-corrected chi connectivity index (χ3v) is 5.79. The minimum absolute atomic E-state index is 0.104. The predicted octanol–water partition coefficient (Wildman–Crippen LogP) is 1.73. The van der Waals surface area contributed by atoms with E-state index in [0.29, 0.717) is 23.4 Å². The van der Waals surface area contributed by atoms with Gasteiger partial charge < -0.3 is 30.3 Å². The second-order valence-corrected chi connectivity index (χ2v) is 9.12. The largest absolute Gasteiger partial charge is 0.497 e. The van der Waals surface area contributed by atoms with Crippen molar-refractivity contribution in [2.24, 2.45) is 11.1 Å². The fourth-order valence-corrected chi connectivity index (χ4v) is 3.95. The third-order valence-electron chi connectivity index (χ3n) is 5.79. The van der Waals surface area contributed by atoms with Crippen molar-refractivity contribution in [2.45, 2.75) is 44.7 Å². The lowest BCUT2D eigenvalue weighted by Gasteiger charge is -2.29. The Kier molecular flexibility index (Phi) is 8.89. The highest BCUT2D eigenvalue weighted by Crippen LogP contribution is 2.29. The first kappa shape index (κ1) is 26.2. The van der Waals surface area contributed by atoms with Crippen LogP contribution in [-0.4, -0.2) is 59.9 Å². The Hall–Kier alpha value is -3.37. The zero-order valence-corrected chi connectivity index (χ0v) is 20.2. The molecule has 35 heavy (non-hydrogen) atoms. The molecule has 10 heteroatoms. The summed E-state index contributed by atoms with van der Waals surface area (Å²) in [6.45, 7) is 3.97. The van der Waals surface area contributed by atoms with Crippen molar-refractivity contribution >= 4 is 24.6 Å². The number of nitrogens with zero attached hydrogens (tertiary/aromatic N) is 1. The zero-order valence-electron chi connectivity index (χ0n) is 20.2. The SMILES string of the molecule is COc1ccc(C(=O)NCC2=NOC(Cc3ccccc3)(C(=O)N[C@@H](CC(C)C)B(O)O)C2)cc1. The Morgan fingerprint density at radius 1 is 1.14 bits per heavy atom. The van der Waals surface area contributed by atoms with E-state index < -0.39 is 24.6 Å². The molecule has 1 unspecified atom stereocenters. The fourth-order valence-electron chi connectivity index (χ4n) is 3.95. The Morgan fingerprint density at radius 2 is 1.83 bits per heavy atom. The van der Waals surface area contributed by atoms with Crippen LogP contribution < -0.4 is 15.4 Å². The molecule has 3 rings (SSSR count). The maximum absolute atomic E-state index is 13.4. The van der Waals surface area contributed by atoms with Crippen LogP contribution in [0.2, 0.25) is 0 Å². The number of carbonyl (C=O) groups is 2. The van der Waals surface area contributed by atoms with Gasteiger partial charge in [-0.1, -0.05) is 49.3 Å². The van der Waals surface area contributed by atoms with Gasteiger partial charge in [0.25, 0.3) is 11.8 Å². The Bertz CT molecular complexity index is 1030. The van der Waals surface area contributed by atoms with Crippen LogP contribution >= 0.6 is 0 Å². The summed E-state index contributed by atoms with van der Waals surface area (Å²) in [6.07, 6.45) is 0.762. The molecule has 4 N–H and O–H groups in total. The maximum Gasteiger partial charge on any atom is 0.475 e. The molecule has 1 aliphatic heterocycles. The van der Waals surface area contributed by atoms with E-state index in [1.54, 1.807) is 31.4 Å². The predicted molar refractivity (Wildman–Crippen MR) is 133 cm³/mol. The van der Waals surface area contributed by atoms with Gasteiger partial charge in [0.05, 0.1) is 25.3 Å². The lowest BCUT2D eigenvalue weighted by Crippen LogP contribution is -2.56. The van der Waals surface area contributed by atoms with Crippen molar-refractivity contribution in [3.05, 3.63) is 65.7 Å². The molecule has 0 spiro atoms. The monoisotopic (exact) mass is 481 g/mol. The van der Waals surface area contributed by atoms with Gasteiger partial charge in [-0.3, -0.25) is 9.59 Å². The van der Waals surface area contributed by atoms with E-state index in [0.717, 1.165) is 5.56 Å². The highest BCUT2D eigenvalue weighted by molar-refractivity contribution is 6.43. The van der Waals surface area contributed by atoms with Crippen LogP contribution in [0.3, 0.4) is 0 Å². The first-order valence-electron chi connectivity index (χ1n) is 11.6. The number of hydrogen-bond acceptors (Lipinski definition) is 7. The summed E-state index contributed by atoms with van der Waals surface area (Å²) >= 11 is 0. The van der Waals surface area contributed by atoms with Crippen molar-refractivity contribution in [3.8, 4) is 5.75 Å². The molecule has 1 heterocycles. The van der Waals surface area contributed by atoms with E-state index in [9.17, 15) is 19.6 Å². The van der Waals surface area contributed by atoms with Crippen LogP contribution in [0, 0.1) is 5.92 Å². The minimum Gasteiger partial charge on any atom is -0.497 e. The quantitative estimate of drug-likeness (QED) is 0.362. The summed E-state index contributed by atoms with van der Waals surface area (Å²) in [5.74, 6) is -0.842. The standard InChI is InChI=1S/C25H32BN3O6/c1-17(2)13-22(26(32)33)28-24(31)25(14-18-7-5-4-6-8-18)15-20(29-35-25)16-27-23(30)19-9-11-21(34-3)12-10-19/h4-12,17,22,32-33H,13-16H2,1-3H3,(H,27,30)(H,28,31)/t22-,25?/m0/s1. The van der Waals surface area contributed by atoms with Gasteiger partial charge in [-0.15, -0.1) is 0 Å². The summed E-state index contributed by atoms with van der Waals surface area (Å²) in [6, 6.07) is 16.1. The summed E-state index contributed by atoms with van der Waals surface area (Å²) in [7, 11) is -0.155. The lowest BCUT2D eigenvalue weighted by molar-refractivity contribution is -0.144. The van der Waals surface area contributed by atoms with E-state index in [2.05, 4.69) is 15.8 Å². The number of carbonyl (C=O) groups excluding carboxylic acids is 2. The topological polar surface area (TPSA) is 129 Å². The normalized spacial score (nSPS) is 17.8. The third kappa shape index (κ3) is 7.06.